The maximum atomic E-state index is 12.7. The van der Waals surface area contributed by atoms with Gasteiger partial charge in [-0.25, -0.2) is 0 Å². The molecule has 0 aliphatic rings. The number of nitrogens with zero attached hydrogens (tertiary/aromatic N) is 3. The highest BCUT2D eigenvalue weighted by Crippen LogP contribution is 2.16. The maximum absolute atomic E-state index is 12.7. The number of para-hydroxylation sites is 1. The van der Waals surface area contributed by atoms with Crippen molar-refractivity contribution in [2.75, 3.05) is 19.0 Å². The molecule has 0 atom stereocenters. The van der Waals surface area contributed by atoms with E-state index in [0.29, 0.717) is 17.7 Å². The summed E-state index contributed by atoms with van der Waals surface area (Å²) in [4.78, 5) is 32.7. The van der Waals surface area contributed by atoms with E-state index in [9.17, 15) is 9.59 Å². The van der Waals surface area contributed by atoms with Crippen molar-refractivity contribution in [3.05, 3.63) is 95.8 Å². The molecule has 27 heavy (non-hydrogen) atoms. The van der Waals surface area contributed by atoms with E-state index in [1.165, 1.54) is 12.4 Å². The van der Waals surface area contributed by atoms with Crippen LogP contribution in [0.3, 0.4) is 0 Å². The van der Waals surface area contributed by atoms with Crippen LogP contribution in [0.25, 0.3) is 0 Å². The van der Waals surface area contributed by atoms with Crippen LogP contribution >= 0.6 is 0 Å². The van der Waals surface area contributed by atoms with Gasteiger partial charge >= 0.3 is 0 Å². The third-order valence-corrected chi connectivity index (χ3v) is 4.29. The Kier molecular flexibility index (Phi) is 5.61. The number of aromatic nitrogens is 1. The van der Waals surface area contributed by atoms with Crippen molar-refractivity contribution < 1.29 is 9.59 Å². The third kappa shape index (κ3) is 4.39. The van der Waals surface area contributed by atoms with Gasteiger partial charge < -0.3 is 9.80 Å². The van der Waals surface area contributed by atoms with Gasteiger partial charge in [0.15, 0.2) is 0 Å². The second-order valence-electron chi connectivity index (χ2n) is 6.31. The molecule has 0 bridgehead atoms. The molecule has 0 aliphatic heterocycles. The summed E-state index contributed by atoms with van der Waals surface area (Å²) in [5, 5.41) is 0. The van der Waals surface area contributed by atoms with E-state index in [4.69, 9.17) is 0 Å². The fraction of sp³-hybridized carbons (Fsp3) is 0.136. The van der Waals surface area contributed by atoms with E-state index in [-0.39, 0.29) is 11.8 Å². The van der Waals surface area contributed by atoms with Crippen molar-refractivity contribution in [1.29, 1.82) is 0 Å². The zero-order chi connectivity index (χ0) is 19.2. The lowest BCUT2D eigenvalue weighted by molar-refractivity contribution is 0.0784. The van der Waals surface area contributed by atoms with E-state index in [2.05, 4.69) is 4.98 Å². The molecule has 0 spiro atoms. The maximum Gasteiger partial charge on any atom is 0.259 e. The Morgan fingerprint density at radius 2 is 1.37 bits per heavy atom. The number of carbonyl (C=O) groups is 2. The van der Waals surface area contributed by atoms with Crippen molar-refractivity contribution in [3.8, 4) is 0 Å². The van der Waals surface area contributed by atoms with Gasteiger partial charge in [-0.3, -0.25) is 14.6 Å². The van der Waals surface area contributed by atoms with E-state index >= 15 is 0 Å². The summed E-state index contributed by atoms with van der Waals surface area (Å²) in [5.41, 5.74) is 2.58. The summed E-state index contributed by atoms with van der Waals surface area (Å²) < 4.78 is 0. The van der Waals surface area contributed by atoms with Gasteiger partial charge in [0.25, 0.3) is 11.8 Å². The summed E-state index contributed by atoms with van der Waals surface area (Å²) in [7, 11) is 3.44. The second kappa shape index (κ2) is 8.27. The van der Waals surface area contributed by atoms with Crippen LogP contribution in [0.5, 0.6) is 0 Å². The van der Waals surface area contributed by atoms with Gasteiger partial charge in [-0.15, -0.1) is 0 Å². The van der Waals surface area contributed by atoms with Crippen LogP contribution < -0.4 is 4.90 Å². The minimum Gasteiger partial charge on any atom is -0.337 e. The Hall–Kier alpha value is -3.47. The molecule has 0 unspecified atom stereocenters. The molecule has 0 aliphatic carbocycles. The van der Waals surface area contributed by atoms with Gasteiger partial charge in [-0.05, 0) is 23.8 Å². The third-order valence-electron chi connectivity index (χ3n) is 4.29. The molecule has 136 valence electrons. The smallest absolute Gasteiger partial charge is 0.259 e. The van der Waals surface area contributed by atoms with Gasteiger partial charge in [0.2, 0.25) is 0 Å². The SMILES string of the molecule is CN(Cc1ccccc1)C(=O)c1cncc(C(=O)N(C)c2ccccc2)c1. The summed E-state index contributed by atoms with van der Waals surface area (Å²) >= 11 is 0. The Morgan fingerprint density at radius 1 is 0.815 bits per heavy atom. The van der Waals surface area contributed by atoms with Crippen molar-refractivity contribution >= 4 is 17.5 Å². The molecule has 5 heteroatoms. The monoisotopic (exact) mass is 359 g/mol. The number of benzene rings is 2. The lowest BCUT2D eigenvalue weighted by Gasteiger charge is -2.19. The van der Waals surface area contributed by atoms with Gasteiger partial charge in [0, 0.05) is 38.7 Å². The first kappa shape index (κ1) is 18.3. The molecule has 2 aromatic carbocycles. The van der Waals surface area contributed by atoms with Crippen LogP contribution in [0.2, 0.25) is 0 Å². The largest absolute Gasteiger partial charge is 0.337 e. The summed E-state index contributed by atoms with van der Waals surface area (Å²) in [6.45, 7) is 0.488. The van der Waals surface area contributed by atoms with Gasteiger partial charge in [-0.1, -0.05) is 48.5 Å². The van der Waals surface area contributed by atoms with E-state index in [1.54, 1.807) is 30.0 Å². The van der Waals surface area contributed by atoms with Crippen LogP contribution in [0.15, 0.2) is 79.1 Å². The molecule has 0 saturated heterocycles. The average Bonchev–Trinajstić information content (AvgIpc) is 2.73. The van der Waals surface area contributed by atoms with Crippen LogP contribution in [0, 0.1) is 0 Å². The number of rotatable bonds is 5. The molecule has 2 amide bonds. The molecular formula is C22H21N3O2. The Balaban J connectivity index is 1.76. The van der Waals surface area contributed by atoms with Crippen molar-refractivity contribution in [2.45, 2.75) is 6.54 Å². The Morgan fingerprint density at radius 3 is 2.00 bits per heavy atom. The predicted octanol–water partition coefficient (Wildman–Crippen LogP) is 3.63. The standard InChI is InChI=1S/C22H21N3O2/c1-24(16-17-9-5-3-6-10-17)21(26)18-13-19(15-23-14-18)22(27)25(2)20-11-7-4-8-12-20/h3-15H,16H2,1-2H3. The highest BCUT2D eigenvalue weighted by Gasteiger charge is 2.18. The normalized spacial score (nSPS) is 10.3. The molecule has 1 heterocycles. The predicted molar refractivity (Wildman–Crippen MR) is 106 cm³/mol. The van der Waals surface area contributed by atoms with Gasteiger partial charge in [0.05, 0.1) is 11.1 Å². The van der Waals surface area contributed by atoms with E-state index in [1.807, 2.05) is 60.7 Å². The average molecular weight is 359 g/mol. The molecule has 0 fully saturated rings. The Labute approximate surface area is 158 Å². The quantitative estimate of drug-likeness (QED) is 0.699. The van der Waals surface area contributed by atoms with Gasteiger partial charge in [-0.2, -0.15) is 0 Å². The molecule has 0 saturated carbocycles. The van der Waals surface area contributed by atoms with Crippen LogP contribution in [0.1, 0.15) is 26.3 Å². The fourth-order valence-corrected chi connectivity index (χ4v) is 2.79. The Bertz CT molecular complexity index is 927. The number of pyridine rings is 1. The summed E-state index contributed by atoms with van der Waals surface area (Å²) in [6, 6.07) is 20.7. The number of hydrogen-bond donors (Lipinski definition) is 0. The molecule has 0 radical (unpaired) electrons. The zero-order valence-electron chi connectivity index (χ0n) is 15.4. The molecule has 3 aromatic rings. The van der Waals surface area contributed by atoms with E-state index < -0.39 is 0 Å². The highest BCUT2D eigenvalue weighted by atomic mass is 16.2. The number of carbonyl (C=O) groups excluding carboxylic acids is 2. The van der Waals surface area contributed by atoms with Crippen LogP contribution in [-0.2, 0) is 6.54 Å². The van der Waals surface area contributed by atoms with Crippen molar-refractivity contribution in [1.82, 2.24) is 9.88 Å². The number of amides is 2. The highest BCUT2D eigenvalue weighted by molar-refractivity contribution is 6.07. The first-order valence-corrected chi connectivity index (χ1v) is 8.64. The van der Waals surface area contributed by atoms with Crippen LogP contribution in [-0.4, -0.2) is 35.8 Å². The molecule has 5 nitrogen and oxygen atoms in total. The van der Waals surface area contributed by atoms with Crippen LogP contribution in [0.4, 0.5) is 5.69 Å². The van der Waals surface area contributed by atoms with Crippen molar-refractivity contribution in [2.24, 2.45) is 0 Å². The molecule has 3 rings (SSSR count). The fourth-order valence-electron chi connectivity index (χ4n) is 2.79. The van der Waals surface area contributed by atoms with Gasteiger partial charge in [0.1, 0.15) is 0 Å². The summed E-state index contributed by atoms with van der Waals surface area (Å²) in [5.74, 6) is -0.391. The number of hydrogen-bond acceptors (Lipinski definition) is 3. The minimum absolute atomic E-state index is 0.177. The first-order chi connectivity index (χ1) is 13.1. The lowest BCUT2D eigenvalue weighted by Crippen LogP contribution is -2.28. The number of anilines is 1. The summed E-state index contributed by atoms with van der Waals surface area (Å²) in [6.07, 6.45) is 2.97. The topological polar surface area (TPSA) is 53.5 Å². The second-order valence-corrected chi connectivity index (χ2v) is 6.31. The zero-order valence-corrected chi connectivity index (χ0v) is 15.4. The molecule has 1 aromatic heterocycles. The lowest BCUT2D eigenvalue weighted by atomic mass is 10.1. The molecule has 0 N–H and O–H groups in total. The molecular weight excluding hydrogens is 338 g/mol. The first-order valence-electron chi connectivity index (χ1n) is 8.64. The van der Waals surface area contributed by atoms with E-state index in [0.717, 1.165) is 11.3 Å². The van der Waals surface area contributed by atoms with Crippen molar-refractivity contribution in [3.63, 3.8) is 0 Å². The minimum atomic E-state index is -0.214.